The first kappa shape index (κ1) is 23.5. The number of likely N-dealkylation sites (N-methyl/N-ethyl adjacent to an activating group) is 1. The quantitative estimate of drug-likeness (QED) is 0.414. The monoisotopic (exact) mass is 517 g/mol. The Kier molecular flexibility index (Phi) is 5.75. The number of benzene rings is 2. The number of hydrogen-bond acceptors (Lipinski definition) is 7. The minimum absolute atomic E-state index is 0.141. The number of imidazole rings is 1. The zero-order valence-corrected chi connectivity index (χ0v) is 19.7. The summed E-state index contributed by atoms with van der Waals surface area (Å²) in [6, 6.07) is 8.98. The van der Waals surface area contributed by atoms with Crippen LogP contribution in [0.15, 0.2) is 47.5 Å². The van der Waals surface area contributed by atoms with E-state index in [-0.39, 0.29) is 23.6 Å². The average molecular weight is 518 g/mol. The molecule has 10 nitrogen and oxygen atoms in total. The molecule has 36 heavy (non-hydrogen) atoms. The van der Waals surface area contributed by atoms with Gasteiger partial charge in [-0.05, 0) is 31.2 Å². The lowest BCUT2D eigenvalue weighted by Crippen LogP contribution is -2.37. The zero-order chi connectivity index (χ0) is 25.6. The number of amides is 1. The minimum Gasteiger partial charge on any atom is -0.495 e. The van der Waals surface area contributed by atoms with E-state index in [0.29, 0.717) is 33.2 Å². The minimum atomic E-state index is -3.78. The van der Waals surface area contributed by atoms with Crippen molar-refractivity contribution in [2.24, 2.45) is 0 Å². The molecule has 0 saturated carbocycles. The molecule has 0 aliphatic carbocycles. The molecule has 1 aliphatic rings. The molecular formula is C23H18ClF2N5O5. The van der Waals surface area contributed by atoms with Crippen LogP contribution in [-0.4, -0.2) is 45.6 Å². The molecule has 2 aromatic heterocycles. The maximum atomic E-state index is 13.4. The molecule has 0 fully saturated rings. The maximum Gasteiger partial charge on any atom is 0.586 e. The highest BCUT2D eigenvalue weighted by atomic mass is 35.5. The summed E-state index contributed by atoms with van der Waals surface area (Å²) in [5.41, 5.74) is 1.12. The molecule has 0 radical (unpaired) electrons. The van der Waals surface area contributed by atoms with Crippen LogP contribution in [-0.2, 0) is 11.3 Å². The summed E-state index contributed by atoms with van der Waals surface area (Å²) in [5.74, 6) is -0.440. The van der Waals surface area contributed by atoms with Crippen LogP contribution in [0, 0.1) is 0 Å². The highest BCUT2D eigenvalue weighted by Crippen LogP contribution is 2.43. The van der Waals surface area contributed by atoms with E-state index < -0.39 is 24.3 Å². The summed E-state index contributed by atoms with van der Waals surface area (Å²) in [6.45, 7) is 1.47. The molecule has 1 N–H and O–H groups in total. The third-order valence-electron chi connectivity index (χ3n) is 5.56. The second-order valence-electron chi connectivity index (χ2n) is 7.72. The maximum absolute atomic E-state index is 13.4. The van der Waals surface area contributed by atoms with Crippen LogP contribution in [0.3, 0.4) is 0 Å². The lowest BCUT2D eigenvalue weighted by Gasteiger charge is -2.21. The predicted molar refractivity (Wildman–Crippen MR) is 126 cm³/mol. The molecule has 0 saturated heterocycles. The number of methoxy groups -OCH3 is 1. The normalized spacial score (nSPS) is 13.7. The summed E-state index contributed by atoms with van der Waals surface area (Å²) in [5, 5.41) is 4.80. The number of nitrogens with zero attached hydrogens (tertiary/aromatic N) is 4. The van der Waals surface area contributed by atoms with Crippen LogP contribution >= 0.6 is 11.6 Å². The lowest BCUT2D eigenvalue weighted by atomic mass is 10.1. The van der Waals surface area contributed by atoms with Gasteiger partial charge in [-0.2, -0.15) is 5.10 Å². The van der Waals surface area contributed by atoms with Gasteiger partial charge < -0.3 is 24.1 Å². The number of rotatable bonds is 6. The van der Waals surface area contributed by atoms with E-state index in [1.54, 1.807) is 25.1 Å². The first-order valence-electron chi connectivity index (χ1n) is 10.7. The van der Waals surface area contributed by atoms with Crippen molar-refractivity contribution in [2.75, 3.05) is 18.6 Å². The molecule has 4 aromatic rings. The number of hydrogen-bond donors (Lipinski definition) is 1. The smallest absolute Gasteiger partial charge is 0.495 e. The number of aromatic nitrogens is 4. The van der Waals surface area contributed by atoms with E-state index in [2.05, 4.69) is 24.5 Å². The lowest BCUT2D eigenvalue weighted by molar-refractivity contribution is -0.286. The third kappa shape index (κ3) is 4.09. The first-order chi connectivity index (χ1) is 17.2. The van der Waals surface area contributed by atoms with Gasteiger partial charge in [-0.25, -0.2) is 9.67 Å². The fourth-order valence-electron chi connectivity index (χ4n) is 3.91. The van der Waals surface area contributed by atoms with E-state index in [4.69, 9.17) is 16.3 Å². The number of fused-ring (bicyclic) bond motifs is 2. The molecule has 2 aromatic carbocycles. The summed E-state index contributed by atoms with van der Waals surface area (Å²) < 4.78 is 42.0. The van der Waals surface area contributed by atoms with Crippen LogP contribution < -0.4 is 24.7 Å². The van der Waals surface area contributed by atoms with Crippen molar-refractivity contribution in [2.45, 2.75) is 19.8 Å². The van der Waals surface area contributed by atoms with Gasteiger partial charge in [-0.15, -0.1) is 8.78 Å². The molecule has 0 spiro atoms. The van der Waals surface area contributed by atoms with Gasteiger partial charge in [0.2, 0.25) is 5.91 Å². The van der Waals surface area contributed by atoms with Crippen molar-refractivity contribution in [1.82, 2.24) is 19.7 Å². The van der Waals surface area contributed by atoms with Crippen LogP contribution in [0.2, 0.25) is 5.02 Å². The molecule has 5 rings (SSSR count). The van der Waals surface area contributed by atoms with E-state index in [1.807, 2.05) is 0 Å². The molecule has 0 unspecified atom stereocenters. The van der Waals surface area contributed by atoms with Gasteiger partial charge in [0.15, 0.2) is 11.5 Å². The summed E-state index contributed by atoms with van der Waals surface area (Å²) in [6.07, 6.45) is -2.42. The van der Waals surface area contributed by atoms with Crippen LogP contribution in [0.1, 0.15) is 6.92 Å². The number of anilines is 1. The summed E-state index contributed by atoms with van der Waals surface area (Å²) in [7, 11) is 1.47. The number of nitrogens with one attached hydrogen (secondary N) is 1. The number of carbonyl (C=O) groups is 1. The van der Waals surface area contributed by atoms with Crippen molar-refractivity contribution in [3.05, 3.63) is 58.1 Å². The zero-order valence-electron chi connectivity index (χ0n) is 18.9. The molecule has 0 bridgehead atoms. The van der Waals surface area contributed by atoms with Gasteiger partial charge in [-0.3, -0.25) is 9.59 Å². The Hall–Kier alpha value is -4.19. The SMILES string of the molecule is CCN(C(=O)Cn1nc(-c2ccc(Cl)c(OC)c2)c2nc[nH]c2c1=O)c1ccc2c(c1)OC(F)(F)O2. The fraction of sp³-hybridized carbons (Fsp3) is 0.217. The average Bonchev–Trinajstić information content (AvgIpc) is 3.45. The highest BCUT2D eigenvalue weighted by molar-refractivity contribution is 6.32. The van der Waals surface area contributed by atoms with Gasteiger partial charge in [0.1, 0.15) is 29.0 Å². The molecule has 0 atom stereocenters. The third-order valence-corrected chi connectivity index (χ3v) is 5.87. The van der Waals surface area contributed by atoms with E-state index in [1.165, 1.54) is 36.5 Å². The van der Waals surface area contributed by atoms with Crippen LogP contribution in [0.5, 0.6) is 17.2 Å². The van der Waals surface area contributed by atoms with Gasteiger partial charge in [0, 0.05) is 23.9 Å². The Balaban J connectivity index is 1.51. The van der Waals surface area contributed by atoms with E-state index in [0.717, 1.165) is 4.68 Å². The fourth-order valence-corrected chi connectivity index (χ4v) is 4.10. The largest absolute Gasteiger partial charge is 0.586 e. The number of carbonyl (C=O) groups excluding carboxylic acids is 1. The van der Waals surface area contributed by atoms with Gasteiger partial charge in [0.25, 0.3) is 5.56 Å². The van der Waals surface area contributed by atoms with Gasteiger partial charge in [0.05, 0.1) is 18.5 Å². The standard InChI is InChI=1S/C23H18ClF2N5O5/c1-3-30(13-5-7-15-17(9-13)36-23(25,26)35-15)18(32)10-31-22(33)21-20(27-11-28-21)19(29-31)12-4-6-14(24)16(8-12)34-2/h4-9,11H,3,10H2,1-2H3,(H,27,28). The molecule has 3 heterocycles. The van der Waals surface area contributed by atoms with E-state index >= 15 is 0 Å². The van der Waals surface area contributed by atoms with E-state index in [9.17, 15) is 18.4 Å². The number of aromatic amines is 1. The van der Waals surface area contributed by atoms with Gasteiger partial charge >= 0.3 is 6.29 Å². The number of alkyl halides is 2. The topological polar surface area (TPSA) is 112 Å². The molecule has 13 heteroatoms. The Morgan fingerprint density at radius 2 is 2.00 bits per heavy atom. The Morgan fingerprint density at radius 3 is 2.75 bits per heavy atom. The number of halogens is 3. The van der Waals surface area contributed by atoms with Crippen molar-refractivity contribution < 1.29 is 27.8 Å². The highest BCUT2D eigenvalue weighted by Gasteiger charge is 2.43. The van der Waals surface area contributed by atoms with Crippen molar-refractivity contribution in [3.8, 4) is 28.5 Å². The number of H-pyrrole nitrogens is 1. The van der Waals surface area contributed by atoms with Crippen LogP contribution in [0.25, 0.3) is 22.3 Å². The van der Waals surface area contributed by atoms with Crippen LogP contribution in [0.4, 0.5) is 14.5 Å². The molecule has 1 aliphatic heterocycles. The molecule has 186 valence electrons. The Bertz CT molecular complexity index is 1550. The Morgan fingerprint density at radius 1 is 1.22 bits per heavy atom. The first-order valence-corrected chi connectivity index (χ1v) is 11.1. The predicted octanol–water partition coefficient (Wildman–Crippen LogP) is 3.82. The Labute approximate surface area is 207 Å². The second-order valence-corrected chi connectivity index (χ2v) is 8.13. The summed E-state index contributed by atoms with van der Waals surface area (Å²) in [4.78, 5) is 34.6. The molecule has 1 amide bonds. The summed E-state index contributed by atoms with van der Waals surface area (Å²) >= 11 is 6.14. The van der Waals surface area contributed by atoms with Crippen molar-refractivity contribution in [3.63, 3.8) is 0 Å². The van der Waals surface area contributed by atoms with Gasteiger partial charge in [-0.1, -0.05) is 17.7 Å². The van der Waals surface area contributed by atoms with Crippen molar-refractivity contribution in [1.29, 1.82) is 0 Å². The second kappa shape index (κ2) is 8.79. The van der Waals surface area contributed by atoms with Crippen molar-refractivity contribution >= 4 is 34.2 Å². The number of ether oxygens (including phenoxy) is 3. The molecular weight excluding hydrogens is 500 g/mol.